The number of hydrogen-bond donors (Lipinski definition) is 0. The first-order valence-electron chi connectivity index (χ1n) is 8.31. The average Bonchev–Trinajstić information content (AvgIpc) is 2.71. The Kier molecular flexibility index (Phi) is 5.38. The molecule has 7 nitrogen and oxygen atoms in total. The van der Waals surface area contributed by atoms with E-state index in [0.717, 1.165) is 11.1 Å². The van der Waals surface area contributed by atoms with Crippen LogP contribution in [0.15, 0.2) is 47.4 Å². The van der Waals surface area contributed by atoms with Gasteiger partial charge in [-0.1, -0.05) is 24.3 Å². The van der Waals surface area contributed by atoms with Crippen LogP contribution in [-0.2, 0) is 32.5 Å². The number of esters is 1. The smallest absolute Gasteiger partial charge is 0.324 e. The van der Waals surface area contributed by atoms with E-state index in [2.05, 4.69) is 0 Å². The fraction of sp³-hybridized carbons (Fsp3) is 0.316. The molecule has 0 aliphatic carbocycles. The van der Waals surface area contributed by atoms with Crippen LogP contribution in [0.4, 0.5) is 0 Å². The van der Waals surface area contributed by atoms with E-state index < -0.39 is 22.0 Å². The summed E-state index contributed by atoms with van der Waals surface area (Å²) in [6, 6.07) is 10.9. The lowest BCUT2D eigenvalue weighted by molar-refractivity contribution is -0.145. The lowest BCUT2D eigenvalue weighted by Gasteiger charge is -2.34. The van der Waals surface area contributed by atoms with Crippen molar-refractivity contribution in [3.63, 3.8) is 0 Å². The van der Waals surface area contributed by atoms with Gasteiger partial charge in [-0.05, 0) is 23.3 Å². The third-order valence-corrected chi connectivity index (χ3v) is 6.49. The van der Waals surface area contributed by atoms with Crippen molar-refractivity contribution in [3.05, 3.63) is 53.6 Å². The van der Waals surface area contributed by atoms with E-state index in [0.29, 0.717) is 11.5 Å². The second-order valence-electron chi connectivity index (χ2n) is 6.08. The molecule has 0 spiro atoms. The first kappa shape index (κ1) is 19.2. The van der Waals surface area contributed by atoms with Gasteiger partial charge in [-0.3, -0.25) is 4.79 Å². The number of sulfonamides is 1. The van der Waals surface area contributed by atoms with Crippen LogP contribution < -0.4 is 9.47 Å². The van der Waals surface area contributed by atoms with Gasteiger partial charge in [-0.2, -0.15) is 4.31 Å². The van der Waals surface area contributed by atoms with E-state index in [1.54, 1.807) is 0 Å². The van der Waals surface area contributed by atoms with Crippen LogP contribution in [0.25, 0.3) is 0 Å². The summed E-state index contributed by atoms with van der Waals surface area (Å²) in [6.45, 7) is 0.0899. The summed E-state index contributed by atoms with van der Waals surface area (Å²) < 4.78 is 43.1. The molecular weight excluding hydrogens is 370 g/mol. The molecule has 0 amide bonds. The molecule has 144 valence electrons. The molecule has 2 aromatic rings. The van der Waals surface area contributed by atoms with Gasteiger partial charge in [0.25, 0.3) is 0 Å². The highest BCUT2D eigenvalue weighted by Gasteiger charge is 2.40. The van der Waals surface area contributed by atoms with Gasteiger partial charge in [-0.15, -0.1) is 0 Å². The number of carbonyl (C=O) groups is 1. The molecule has 8 heteroatoms. The van der Waals surface area contributed by atoms with Gasteiger partial charge in [0.15, 0.2) is 11.5 Å². The monoisotopic (exact) mass is 391 g/mol. The summed E-state index contributed by atoms with van der Waals surface area (Å²) in [4.78, 5) is 12.3. The standard InChI is InChI=1S/C19H21NO6S/c1-24-17-9-8-15(11-18(17)25-2)27(22,23)20-12-14-7-5-4-6-13(14)10-16(20)19(21)26-3/h4-9,11,16H,10,12H2,1-3H3/t16-/m0/s1. The van der Waals surface area contributed by atoms with E-state index in [-0.39, 0.29) is 17.9 Å². The summed E-state index contributed by atoms with van der Waals surface area (Å²) in [5, 5.41) is 0. The second-order valence-corrected chi connectivity index (χ2v) is 7.97. The van der Waals surface area contributed by atoms with E-state index in [4.69, 9.17) is 14.2 Å². The Bertz CT molecular complexity index is 956. The highest BCUT2D eigenvalue weighted by Crippen LogP contribution is 2.34. The van der Waals surface area contributed by atoms with Gasteiger partial charge in [-0.25, -0.2) is 8.42 Å². The Morgan fingerprint density at radius 3 is 2.30 bits per heavy atom. The zero-order valence-electron chi connectivity index (χ0n) is 15.3. The van der Waals surface area contributed by atoms with Gasteiger partial charge < -0.3 is 14.2 Å². The average molecular weight is 391 g/mol. The van der Waals surface area contributed by atoms with Gasteiger partial charge in [0.05, 0.1) is 26.2 Å². The van der Waals surface area contributed by atoms with Crippen LogP contribution >= 0.6 is 0 Å². The zero-order chi connectivity index (χ0) is 19.6. The van der Waals surface area contributed by atoms with Crippen molar-refractivity contribution in [1.82, 2.24) is 4.31 Å². The van der Waals surface area contributed by atoms with E-state index in [1.165, 1.54) is 43.8 Å². The first-order valence-corrected chi connectivity index (χ1v) is 9.75. The van der Waals surface area contributed by atoms with E-state index in [1.807, 2.05) is 24.3 Å². The Labute approximate surface area is 158 Å². The van der Waals surface area contributed by atoms with Crippen LogP contribution in [0.2, 0.25) is 0 Å². The quantitative estimate of drug-likeness (QED) is 0.725. The number of rotatable bonds is 5. The highest BCUT2D eigenvalue weighted by atomic mass is 32.2. The number of carbonyl (C=O) groups excluding carboxylic acids is 1. The predicted octanol–water partition coefficient (Wildman–Crippen LogP) is 1.99. The van der Waals surface area contributed by atoms with E-state index >= 15 is 0 Å². The van der Waals surface area contributed by atoms with Crippen molar-refractivity contribution in [3.8, 4) is 11.5 Å². The molecule has 0 bridgehead atoms. The molecule has 0 fully saturated rings. The topological polar surface area (TPSA) is 82.1 Å². The maximum Gasteiger partial charge on any atom is 0.324 e. The molecule has 0 saturated carbocycles. The van der Waals surface area contributed by atoms with Crippen molar-refractivity contribution in [2.75, 3.05) is 21.3 Å². The van der Waals surface area contributed by atoms with Gasteiger partial charge in [0.2, 0.25) is 10.0 Å². The first-order chi connectivity index (χ1) is 12.9. The fourth-order valence-corrected chi connectivity index (χ4v) is 4.77. The normalized spacial score (nSPS) is 17.1. The van der Waals surface area contributed by atoms with E-state index in [9.17, 15) is 13.2 Å². The summed E-state index contributed by atoms with van der Waals surface area (Å²) in [5.74, 6) is 0.129. The Morgan fingerprint density at radius 2 is 1.67 bits per heavy atom. The van der Waals surface area contributed by atoms with Crippen LogP contribution in [0, 0.1) is 0 Å². The number of methoxy groups -OCH3 is 3. The number of benzene rings is 2. The predicted molar refractivity (Wildman–Crippen MR) is 98.2 cm³/mol. The minimum atomic E-state index is -3.97. The molecule has 0 saturated heterocycles. The number of fused-ring (bicyclic) bond motifs is 1. The van der Waals surface area contributed by atoms with Crippen molar-refractivity contribution >= 4 is 16.0 Å². The molecule has 1 aliphatic rings. The van der Waals surface area contributed by atoms with Crippen LogP contribution in [-0.4, -0.2) is 46.1 Å². The molecule has 0 aromatic heterocycles. The molecule has 3 rings (SSSR count). The lowest BCUT2D eigenvalue weighted by Crippen LogP contribution is -2.49. The summed E-state index contributed by atoms with van der Waals surface area (Å²) in [5.41, 5.74) is 1.80. The number of hydrogen-bond acceptors (Lipinski definition) is 6. The number of nitrogens with zero attached hydrogens (tertiary/aromatic N) is 1. The maximum atomic E-state index is 13.3. The van der Waals surface area contributed by atoms with Crippen molar-refractivity contribution < 1.29 is 27.4 Å². The molecule has 1 aliphatic heterocycles. The summed E-state index contributed by atoms with van der Waals surface area (Å²) in [6.07, 6.45) is 0.259. The molecule has 1 heterocycles. The van der Waals surface area contributed by atoms with Gasteiger partial charge >= 0.3 is 5.97 Å². The molecule has 27 heavy (non-hydrogen) atoms. The lowest BCUT2D eigenvalue weighted by atomic mass is 9.96. The Hall–Kier alpha value is -2.58. The third kappa shape index (κ3) is 3.50. The van der Waals surface area contributed by atoms with Crippen molar-refractivity contribution in [2.45, 2.75) is 23.9 Å². The summed E-state index contributed by atoms with van der Waals surface area (Å²) in [7, 11) is 0.191. The molecule has 0 radical (unpaired) electrons. The van der Waals surface area contributed by atoms with Gasteiger partial charge in [0.1, 0.15) is 6.04 Å². The van der Waals surface area contributed by atoms with Crippen molar-refractivity contribution in [2.24, 2.45) is 0 Å². The second kappa shape index (κ2) is 7.58. The molecule has 0 unspecified atom stereocenters. The van der Waals surface area contributed by atoms with Crippen LogP contribution in [0.5, 0.6) is 11.5 Å². The third-order valence-electron chi connectivity index (χ3n) is 4.64. The molecule has 1 atom stereocenters. The Morgan fingerprint density at radius 1 is 1.00 bits per heavy atom. The SMILES string of the molecule is COC(=O)[C@@H]1Cc2ccccc2CN1S(=O)(=O)c1ccc(OC)c(OC)c1. The summed E-state index contributed by atoms with van der Waals surface area (Å²) >= 11 is 0. The minimum Gasteiger partial charge on any atom is -0.493 e. The van der Waals surface area contributed by atoms with Crippen LogP contribution in [0.3, 0.4) is 0 Å². The number of ether oxygens (including phenoxy) is 3. The molecule has 0 N–H and O–H groups in total. The largest absolute Gasteiger partial charge is 0.493 e. The molecular formula is C19H21NO6S. The van der Waals surface area contributed by atoms with Gasteiger partial charge in [0, 0.05) is 19.0 Å². The zero-order valence-corrected chi connectivity index (χ0v) is 16.2. The highest BCUT2D eigenvalue weighted by molar-refractivity contribution is 7.89. The molecule has 2 aromatic carbocycles. The van der Waals surface area contributed by atoms with Crippen molar-refractivity contribution in [1.29, 1.82) is 0 Å². The maximum absolute atomic E-state index is 13.3. The van der Waals surface area contributed by atoms with Crippen LogP contribution in [0.1, 0.15) is 11.1 Å². The fourth-order valence-electron chi connectivity index (χ4n) is 3.20. The minimum absolute atomic E-state index is 0.0217. The Balaban J connectivity index is 2.07.